The molecule has 1 amide bonds. The van der Waals surface area contributed by atoms with Gasteiger partial charge in [-0.25, -0.2) is 4.79 Å². The number of piperidine rings is 1. The van der Waals surface area contributed by atoms with Gasteiger partial charge in [-0.1, -0.05) is 0 Å². The molecule has 3 N–H and O–H groups in total. The molecule has 6 rings (SSSR count). The molecule has 0 bridgehead atoms. The number of fused-ring (bicyclic) bond motifs is 3. The van der Waals surface area contributed by atoms with Crippen molar-refractivity contribution in [1.82, 2.24) is 9.80 Å². The van der Waals surface area contributed by atoms with Gasteiger partial charge in [0, 0.05) is 19.6 Å². The zero-order valence-electron chi connectivity index (χ0n) is 26.0. The van der Waals surface area contributed by atoms with Crippen LogP contribution in [0.3, 0.4) is 0 Å². The number of ether oxygens (including phenoxy) is 4. The minimum Gasteiger partial charge on any atom is -0.497 e. The Kier molecular flexibility index (Phi) is 8.36. The minimum absolute atomic E-state index is 0.0616. The Bertz CT molecular complexity index is 1310. The van der Waals surface area contributed by atoms with E-state index in [0.29, 0.717) is 49.5 Å². The van der Waals surface area contributed by atoms with Gasteiger partial charge in [-0.15, -0.1) is 0 Å². The number of methoxy groups -OCH3 is 1. The number of benzene rings is 1. The molecule has 11 nitrogen and oxygen atoms in total. The average molecular weight is 615 g/mol. The number of rotatable bonds is 9. The number of aliphatic hydroxyl groups excluding tert-OH is 1. The van der Waals surface area contributed by atoms with E-state index in [1.807, 2.05) is 12.1 Å². The monoisotopic (exact) mass is 614 g/mol. The summed E-state index contributed by atoms with van der Waals surface area (Å²) in [5, 5.41) is 32.4. The molecule has 4 aliphatic heterocycles. The topological polar surface area (TPSA) is 138 Å². The van der Waals surface area contributed by atoms with Crippen LogP contribution in [0, 0.1) is 0 Å². The maximum Gasteiger partial charge on any atom is 0.339 e. The number of β-amino-alcohol motifs (C(OH)–C–C–N with tert-alkyl or cyclic N) is 1. The Morgan fingerprint density at radius 3 is 2.59 bits per heavy atom. The number of esters is 1. The van der Waals surface area contributed by atoms with Gasteiger partial charge in [0.25, 0.3) is 0 Å². The second-order valence-electron chi connectivity index (χ2n) is 13.8. The van der Waals surface area contributed by atoms with E-state index >= 15 is 0 Å². The highest BCUT2D eigenvalue weighted by Gasteiger charge is 2.59. The highest BCUT2D eigenvalue weighted by Crippen LogP contribution is 2.55. The summed E-state index contributed by atoms with van der Waals surface area (Å²) >= 11 is 0. The van der Waals surface area contributed by atoms with E-state index in [1.165, 1.54) is 4.90 Å². The predicted octanol–water partition coefficient (Wildman–Crippen LogP) is 2.39. The first kappa shape index (κ1) is 31.1. The lowest BCUT2D eigenvalue weighted by atomic mass is 9.77. The van der Waals surface area contributed by atoms with Crippen LogP contribution in [0.1, 0.15) is 82.3 Å². The van der Waals surface area contributed by atoms with Crippen LogP contribution in [0.15, 0.2) is 24.0 Å². The summed E-state index contributed by atoms with van der Waals surface area (Å²) in [6.45, 7) is 5.84. The van der Waals surface area contributed by atoms with Crippen LogP contribution in [0.4, 0.5) is 0 Å². The molecule has 4 heterocycles. The molecule has 11 heteroatoms. The summed E-state index contributed by atoms with van der Waals surface area (Å²) in [7, 11) is 1.56. The smallest absolute Gasteiger partial charge is 0.339 e. The SMILES string of the molecule is COC1=C[C@]23CCCN2CCc2cc4c(cc2[C@@H]3[C@@H]1OC(=O)[C@@](O)(CCCC(C)(C)O)CC(=O)N1CCCC(O)C1)OCO4. The van der Waals surface area contributed by atoms with Gasteiger partial charge >= 0.3 is 5.97 Å². The second kappa shape index (κ2) is 11.8. The number of nitrogens with zero attached hydrogens (tertiary/aromatic N) is 2. The number of likely N-dealkylation sites (tertiary alicyclic amines) is 1. The van der Waals surface area contributed by atoms with Crippen molar-refractivity contribution in [3.63, 3.8) is 0 Å². The van der Waals surface area contributed by atoms with Crippen LogP contribution in [-0.2, 0) is 25.5 Å². The lowest BCUT2D eigenvalue weighted by Gasteiger charge is -2.40. The summed E-state index contributed by atoms with van der Waals surface area (Å²) in [4.78, 5) is 31.5. The largest absolute Gasteiger partial charge is 0.497 e. The summed E-state index contributed by atoms with van der Waals surface area (Å²) in [5.74, 6) is 0.258. The van der Waals surface area contributed by atoms with Crippen molar-refractivity contribution in [3.8, 4) is 11.5 Å². The Balaban J connectivity index is 1.32. The van der Waals surface area contributed by atoms with E-state index in [2.05, 4.69) is 11.0 Å². The van der Waals surface area contributed by atoms with Gasteiger partial charge in [0.05, 0.1) is 36.7 Å². The number of hydrogen-bond donors (Lipinski definition) is 3. The van der Waals surface area contributed by atoms with E-state index in [1.54, 1.807) is 21.0 Å². The van der Waals surface area contributed by atoms with Crippen molar-refractivity contribution in [2.75, 3.05) is 40.1 Å². The van der Waals surface area contributed by atoms with Gasteiger partial charge in [-0.3, -0.25) is 9.69 Å². The van der Waals surface area contributed by atoms with Crippen LogP contribution in [-0.4, -0.2) is 106 Å². The zero-order valence-corrected chi connectivity index (χ0v) is 26.0. The highest BCUT2D eigenvalue weighted by molar-refractivity contribution is 5.88. The van der Waals surface area contributed by atoms with Gasteiger partial charge in [0.15, 0.2) is 23.2 Å². The minimum atomic E-state index is -2.13. The van der Waals surface area contributed by atoms with Crippen LogP contribution in [0.25, 0.3) is 0 Å². The van der Waals surface area contributed by atoms with Crippen molar-refractivity contribution in [1.29, 1.82) is 0 Å². The number of carbonyl (C=O) groups excluding carboxylic acids is 2. The van der Waals surface area contributed by atoms with Gasteiger partial charge in [0.1, 0.15) is 5.76 Å². The lowest BCUT2D eigenvalue weighted by Crippen LogP contribution is -2.51. The van der Waals surface area contributed by atoms with E-state index in [0.717, 1.165) is 43.5 Å². The van der Waals surface area contributed by atoms with Crippen LogP contribution in [0.2, 0.25) is 0 Å². The Labute approximate surface area is 258 Å². The van der Waals surface area contributed by atoms with Crippen molar-refractivity contribution in [2.24, 2.45) is 0 Å². The fraction of sp³-hybridized carbons (Fsp3) is 0.697. The molecule has 1 aromatic carbocycles. The molecule has 44 heavy (non-hydrogen) atoms. The Morgan fingerprint density at radius 1 is 1.09 bits per heavy atom. The zero-order chi connectivity index (χ0) is 31.3. The van der Waals surface area contributed by atoms with Gasteiger partial charge in [-0.05, 0) is 101 Å². The summed E-state index contributed by atoms with van der Waals surface area (Å²) in [6.07, 6.45) is 4.63. The molecular formula is C33H46N2O9. The van der Waals surface area contributed by atoms with E-state index in [4.69, 9.17) is 18.9 Å². The molecule has 1 aliphatic carbocycles. The quantitative estimate of drug-likeness (QED) is 0.356. The molecule has 0 radical (unpaired) electrons. The standard InChI is InChI=1S/C33H46N2O9/c1-31(2,39)9-5-11-33(40,18-27(37)34-12-4-7-22(36)19-34)30(38)44-29-26(41-3)17-32-10-6-13-35(32)14-8-21-15-24-25(43-20-42-24)16-23(21)28(29)32/h15-17,22,28-29,36,39-40H,4-14,18-20H2,1-3H3/t22?,28-,29-,32+,33-/m1/s1. The fourth-order valence-corrected chi connectivity index (χ4v) is 7.94. The van der Waals surface area contributed by atoms with Crippen LogP contribution < -0.4 is 9.47 Å². The third-order valence-electron chi connectivity index (χ3n) is 10.2. The van der Waals surface area contributed by atoms with Gasteiger partial charge in [-0.2, -0.15) is 0 Å². The molecular weight excluding hydrogens is 568 g/mol. The molecule has 5 aliphatic rings. The fourth-order valence-electron chi connectivity index (χ4n) is 7.94. The lowest BCUT2D eigenvalue weighted by molar-refractivity contribution is -0.177. The average Bonchev–Trinajstić information content (AvgIpc) is 3.66. The third-order valence-corrected chi connectivity index (χ3v) is 10.2. The molecule has 2 fully saturated rings. The molecule has 1 spiro atoms. The second-order valence-corrected chi connectivity index (χ2v) is 13.8. The third kappa shape index (κ3) is 5.79. The summed E-state index contributed by atoms with van der Waals surface area (Å²) in [5.41, 5.74) is -1.47. The van der Waals surface area contributed by atoms with Gasteiger partial charge < -0.3 is 39.2 Å². The first-order valence-electron chi connectivity index (χ1n) is 16.0. The normalized spacial score (nSPS) is 29.2. The summed E-state index contributed by atoms with van der Waals surface area (Å²) in [6, 6.07) is 4.02. The predicted molar refractivity (Wildman–Crippen MR) is 159 cm³/mol. The Morgan fingerprint density at radius 2 is 1.86 bits per heavy atom. The number of aliphatic hydroxyl groups is 3. The van der Waals surface area contributed by atoms with Crippen molar-refractivity contribution in [2.45, 2.75) is 107 Å². The first-order valence-corrected chi connectivity index (χ1v) is 16.0. The highest BCUT2D eigenvalue weighted by atomic mass is 16.7. The van der Waals surface area contributed by atoms with Crippen molar-refractivity contribution < 1.29 is 43.9 Å². The van der Waals surface area contributed by atoms with Crippen molar-refractivity contribution >= 4 is 11.9 Å². The molecule has 2 saturated heterocycles. The number of amides is 1. The van der Waals surface area contributed by atoms with E-state index < -0.39 is 47.2 Å². The molecule has 0 saturated carbocycles. The van der Waals surface area contributed by atoms with Crippen LogP contribution in [0.5, 0.6) is 11.5 Å². The maximum atomic E-state index is 14.2. The molecule has 0 aromatic heterocycles. The molecule has 242 valence electrons. The summed E-state index contributed by atoms with van der Waals surface area (Å²) < 4.78 is 23.6. The molecule has 5 atom stereocenters. The van der Waals surface area contributed by atoms with Gasteiger partial charge in [0.2, 0.25) is 12.7 Å². The van der Waals surface area contributed by atoms with Crippen LogP contribution >= 0.6 is 0 Å². The van der Waals surface area contributed by atoms with Crippen molar-refractivity contribution in [3.05, 3.63) is 35.1 Å². The number of hydrogen-bond acceptors (Lipinski definition) is 10. The first-order chi connectivity index (χ1) is 20.9. The molecule has 1 aromatic rings. The molecule has 1 unspecified atom stereocenters. The maximum absolute atomic E-state index is 14.2. The Hall–Kier alpha value is -2.86. The van der Waals surface area contributed by atoms with E-state index in [9.17, 15) is 24.9 Å². The van der Waals surface area contributed by atoms with E-state index in [-0.39, 0.29) is 25.7 Å². The number of carbonyl (C=O) groups is 2.